The number of likely N-dealkylation sites (tertiary alicyclic amines) is 1. The number of nitrogens with zero attached hydrogens (tertiary/aromatic N) is 5. The molecule has 0 spiro atoms. The van der Waals surface area contributed by atoms with Crippen LogP contribution in [0.3, 0.4) is 0 Å². The summed E-state index contributed by atoms with van der Waals surface area (Å²) in [6.07, 6.45) is 8.48. The number of aromatic nitrogens is 3. The first-order valence-electron chi connectivity index (χ1n) is 8.88. The molecule has 2 aliphatic rings. The third-order valence-electron chi connectivity index (χ3n) is 4.93. The minimum Gasteiger partial charge on any atom is -0.357 e. The number of rotatable bonds is 5. The van der Waals surface area contributed by atoms with Gasteiger partial charge < -0.3 is 15.2 Å². The molecule has 8 heteroatoms. The second-order valence-corrected chi connectivity index (χ2v) is 6.62. The Balaban J connectivity index is 0.00000208. The van der Waals surface area contributed by atoms with E-state index in [4.69, 9.17) is 0 Å². The second-order valence-electron chi connectivity index (χ2n) is 6.62. The highest BCUT2D eigenvalue weighted by Crippen LogP contribution is 2.26. The van der Waals surface area contributed by atoms with Crippen LogP contribution in [-0.4, -0.2) is 57.3 Å². The molecule has 136 valence electrons. The summed E-state index contributed by atoms with van der Waals surface area (Å²) in [5.74, 6) is 1.76. The van der Waals surface area contributed by atoms with Crippen molar-refractivity contribution in [2.45, 2.75) is 57.7 Å². The number of aliphatic imine (C=N–C) groups is 1. The van der Waals surface area contributed by atoms with E-state index in [-0.39, 0.29) is 24.0 Å². The molecule has 1 aliphatic heterocycles. The Morgan fingerprint density at radius 1 is 1.33 bits per heavy atom. The minimum atomic E-state index is 0. The number of aryl methyl sites for hydroxylation is 1. The van der Waals surface area contributed by atoms with E-state index in [1.165, 1.54) is 38.6 Å². The van der Waals surface area contributed by atoms with E-state index in [1.807, 2.05) is 11.6 Å². The fourth-order valence-electron chi connectivity index (χ4n) is 3.62. The van der Waals surface area contributed by atoms with Gasteiger partial charge in [-0.2, -0.15) is 0 Å². The molecule has 1 saturated carbocycles. The maximum Gasteiger partial charge on any atom is 0.191 e. The Bertz CT molecular complexity index is 524. The minimum absolute atomic E-state index is 0. The van der Waals surface area contributed by atoms with Gasteiger partial charge in [-0.25, -0.2) is 4.99 Å². The van der Waals surface area contributed by atoms with Gasteiger partial charge in [-0.05, 0) is 26.2 Å². The summed E-state index contributed by atoms with van der Waals surface area (Å²) in [4.78, 5) is 7.32. The molecule has 1 aromatic rings. The summed E-state index contributed by atoms with van der Waals surface area (Å²) >= 11 is 0. The van der Waals surface area contributed by atoms with Gasteiger partial charge in [0.05, 0.1) is 0 Å². The zero-order valence-corrected chi connectivity index (χ0v) is 17.1. The number of nitrogens with one attached hydrogen (secondary N) is 2. The van der Waals surface area contributed by atoms with Gasteiger partial charge in [0.1, 0.15) is 12.9 Å². The predicted molar refractivity (Wildman–Crippen MR) is 107 cm³/mol. The van der Waals surface area contributed by atoms with Crippen LogP contribution >= 0.6 is 24.0 Å². The lowest BCUT2D eigenvalue weighted by molar-refractivity contribution is 0.242. The second kappa shape index (κ2) is 9.55. The van der Waals surface area contributed by atoms with E-state index in [1.54, 1.807) is 6.33 Å². The van der Waals surface area contributed by atoms with Crippen LogP contribution in [-0.2, 0) is 13.6 Å². The van der Waals surface area contributed by atoms with Crippen molar-refractivity contribution in [3.05, 3.63) is 12.2 Å². The summed E-state index contributed by atoms with van der Waals surface area (Å²) < 4.78 is 1.91. The van der Waals surface area contributed by atoms with E-state index in [0.29, 0.717) is 12.6 Å². The molecule has 2 fully saturated rings. The van der Waals surface area contributed by atoms with E-state index >= 15 is 0 Å². The molecule has 0 aromatic carbocycles. The highest BCUT2D eigenvalue weighted by Gasteiger charge is 2.30. The molecule has 2 heterocycles. The fraction of sp³-hybridized carbons (Fsp3) is 0.812. The molecule has 3 rings (SSSR count). The molecule has 24 heavy (non-hydrogen) atoms. The average Bonchev–Trinajstić information content (AvgIpc) is 3.26. The van der Waals surface area contributed by atoms with Gasteiger partial charge in [0.15, 0.2) is 11.8 Å². The van der Waals surface area contributed by atoms with Crippen LogP contribution in [0.2, 0.25) is 0 Å². The molecule has 2 N–H and O–H groups in total. The lowest BCUT2D eigenvalue weighted by Gasteiger charge is -2.24. The third kappa shape index (κ3) is 5.05. The zero-order valence-electron chi connectivity index (χ0n) is 14.7. The van der Waals surface area contributed by atoms with Crippen molar-refractivity contribution < 1.29 is 0 Å². The lowest BCUT2D eigenvalue weighted by atomic mass is 10.2. The average molecular weight is 447 g/mol. The molecule has 7 nitrogen and oxygen atoms in total. The first-order chi connectivity index (χ1) is 11.3. The van der Waals surface area contributed by atoms with E-state index in [9.17, 15) is 0 Å². The van der Waals surface area contributed by atoms with E-state index in [2.05, 4.69) is 37.6 Å². The lowest BCUT2D eigenvalue weighted by Crippen LogP contribution is -2.45. The Kier molecular flexibility index (Phi) is 7.73. The summed E-state index contributed by atoms with van der Waals surface area (Å²) in [6, 6.07) is 1.31. The summed E-state index contributed by atoms with van der Waals surface area (Å²) in [5.41, 5.74) is 0. The highest BCUT2D eigenvalue weighted by molar-refractivity contribution is 14.0. The maximum absolute atomic E-state index is 4.66. The molecular formula is C16H30IN7. The normalized spacial score (nSPS) is 22.6. The van der Waals surface area contributed by atoms with Crippen molar-refractivity contribution in [1.29, 1.82) is 0 Å². The third-order valence-corrected chi connectivity index (χ3v) is 4.93. The number of guanidine groups is 1. The highest BCUT2D eigenvalue weighted by atomic mass is 127. The van der Waals surface area contributed by atoms with Crippen molar-refractivity contribution >= 4 is 29.9 Å². The van der Waals surface area contributed by atoms with Crippen LogP contribution in [0.5, 0.6) is 0 Å². The quantitative estimate of drug-likeness (QED) is 0.407. The summed E-state index contributed by atoms with van der Waals surface area (Å²) in [5, 5.41) is 14.9. The predicted octanol–water partition coefficient (Wildman–Crippen LogP) is 1.51. The first kappa shape index (κ1) is 19.4. The van der Waals surface area contributed by atoms with Gasteiger partial charge in [0, 0.05) is 38.8 Å². The van der Waals surface area contributed by atoms with Gasteiger partial charge >= 0.3 is 0 Å². The maximum atomic E-state index is 4.66. The van der Waals surface area contributed by atoms with Crippen molar-refractivity contribution in [3.63, 3.8) is 0 Å². The van der Waals surface area contributed by atoms with Gasteiger partial charge in [0.25, 0.3) is 0 Å². The largest absolute Gasteiger partial charge is 0.357 e. The standard InChI is InChI=1S/C16H29N7.HI/c1-3-17-16(18-10-15-21-19-12-22(15)2)20-13-8-9-23(11-13)14-6-4-5-7-14;/h12-14H,3-11H2,1-2H3,(H2,17,18,20);1H. The topological polar surface area (TPSA) is 70.4 Å². The van der Waals surface area contributed by atoms with Crippen LogP contribution in [0.1, 0.15) is 44.9 Å². The van der Waals surface area contributed by atoms with Crippen LogP contribution in [0.25, 0.3) is 0 Å². The van der Waals surface area contributed by atoms with Crippen molar-refractivity contribution in [1.82, 2.24) is 30.3 Å². The first-order valence-corrected chi connectivity index (χ1v) is 8.88. The van der Waals surface area contributed by atoms with Crippen LogP contribution in [0.4, 0.5) is 0 Å². The smallest absolute Gasteiger partial charge is 0.191 e. The molecule has 1 atom stereocenters. The van der Waals surface area contributed by atoms with Crippen molar-refractivity contribution in [2.24, 2.45) is 12.0 Å². The van der Waals surface area contributed by atoms with Crippen molar-refractivity contribution in [2.75, 3.05) is 19.6 Å². The fourth-order valence-corrected chi connectivity index (χ4v) is 3.62. The van der Waals surface area contributed by atoms with E-state index in [0.717, 1.165) is 30.9 Å². The number of hydrogen-bond acceptors (Lipinski definition) is 4. The van der Waals surface area contributed by atoms with Gasteiger partial charge in [-0.3, -0.25) is 4.90 Å². The van der Waals surface area contributed by atoms with Crippen LogP contribution in [0, 0.1) is 0 Å². The Morgan fingerprint density at radius 2 is 2.12 bits per heavy atom. The number of halogens is 1. The summed E-state index contributed by atoms with van der Waals surface area (Å²) in [6.45, 7) is 5.86. The van der Waals surface area contributed by atoms with Crippen LogP contribution in [0.15, 0.2) is 11.3 Å². The molecule has 0 bridgehead atoms. The monoisotopic (exact) mass is 447 g/mol. The van der Waals surface area contributed by atoms with Crippen molar-refractivity contribution in [3.8, 4) is 0 Å². The van der Waals surface area contributed by atoms with Gasteiger partial charge in [-0.15, -0.1) is 34.2 Å². The van der Waals surface area contributed by atoms with E-state index < -0.39 is 0 Å². The summed E-state index contributed by atoms with van der Waals surface area (Å²) in [7, 11) is 1.95. The SMILES string of the molecule is CCNC(=NCc1nncn1C)NC1CCN(C2CCCC2)C1.I. The molecule has 1 aromatic heterocycles. The zero-order chi connectivity index (χ0) is 16.1. The Hall–Kier alpha value is -0.900. The molecule has 0 radical (unpaired) electrons. The van der Waals surface area contributed by atoms with Gasteiger partial charge in [-0.1, -0.05) is 12.8 Å². The molecule has 0 amide bonds. The molecular weight excluding hydrogens is 417 g/mol. The Morgan fingerprint density at radius 3 is 2.79 bits per heavy atom. The number of hydrogen-bond donors (Lipinski definition) is 2. The molecule has 1 aliphatic carbocycles. The Labute approximate surface area is 161 Å². The van der Waals surface area contributed by atoms with Gasteiger partial charge in [0.2, 0.25) is 0 Å². The van der Waals surface area contributed by atoms with Crippen LogP contribution < -0.4 is 10.6 Å². The molecule has 1 unspecified atom stereocenters. The molecule has 1 saturated heterocycles.